The van der Waals surface area contributed by atoms with Gasteiger partial charge in [-0.2, -0.15) is 9.78 Å². The van der Waals surface area contributed by atoms with E-state index in [4.69, 9.17) is 0 Å². The van der Waals surface area contributed by atoms with E-state index in [0.717, 1.165) is 11.8 Å². The van der Waals surface area contributed by atoms with Crippen molar-refractivity contribution in [3.05, 3.63) is 83.8 Å². The van der Waals surface area contributed by atoms with E-state index in [1.807, 2.05) is 0 Å². The molecule has 0 amide bonds. The van der Waals surface area contributed by atoms with Crippen molar-refractivity contribution in [2.75, 3.05) is 6.26 Å². The molecule has 5 aromatic rings. The second kappa shape index (κ2) is 8.38. The molecule has 172 valence electrons. The Balaban J connectivity index is 1.62. The second-order valence-corrected chi connectivity index (χ2v) is 9.94. The number of nitrogens with zero attached hydrogens (tertiary/aromatic N) is 4. The molecule has 8 nitrogen and oxygen atoms in total. The predicted molar refractivity (Wildman–Crippen MR) is 125 cm³/mol. The highest BCUT2D eigenvalue weighted by Gasteiger charge is 2.22. The molecule has 0 aliphatic heterocycles. The third-order valence-corrected chi connectivity index (χ3v) is 6.62. The molecule has 34 heavy (non-hydrogen) atoms. The number of aryl methyl sites for hydroxylation is 1. The van der Waals surface area contributed by atoms with Crippen molar-refractivity contribution >= 4 is 21.0 Å². The Morgan fingerprint density at radius 2 is 1.85 bits per heavy atom. The standard InChI is InChI=1S/C24H20FN5O3S/c1-34(32,33)18-5-2-4-16(14-18)21-19(12-9-15-7-10-17(25)11-8-15)23(31)30(29-21)24-27-20-6-3-13-26-22(20)28-24/h2-8,10-11,13-14,31H,9,12H2,1H3,(H,26,27,28). The van der Waals surface area contributed by atoms with E-state index < -0.39 is 9.84 Å². The van der Waals surface area contributed by atoms with Crippen LogP contribution in [0.5, 0.6) is 5.88 Å². The SMILES string of the molecule is CS(=O)(=O)c1cccc(-c2nn(-c3nc4cccnc4[nH]3)c(O)c2CCc2ccc(F)cc2)c1. The van der Waals surface area contributed by atoms with Gasteiger partial charge in [0.25, 0.3) is 0 Å². The quantitative estimate of drug-likeness (QED) is 0.384. The summed E-state index contributed by atoms with van der Waals surface area (Å²) in [6, 6.07) is 16.1. The van der Waals surface area contributed by atoms with Crippen molar-refractivity contribution in [1.82, 2.24) is 24.7 Å². The first-order valence-corrected chi connectivity index (χ1v) is 12.4. The molecule has 0 atom stereocenters. The average molecular weight is 478 g/mol. The van der Waals surface area contributed by atoms with E-state index in [1.54, 1.807) is 42.6 Å². The molecular formula is C24H20FN5O3S. The van der Waals surface area contributed by atoms with E-state index in [9.17, 15) is 17.9 Å². The number of halogens is 1. The zero-order chi connectivity index (χ0) is 23.9. The summed E-state index contributed by atoms with van der Waals surface area (Å²) in [5, 5.41) is 15.7. The lowest BCUT2D eigenvalue weighted by molar-refractivity contribution is 0.425. The topological polar surface area (TPSA) is 114 Å². The Morgan fingerprint density at radius 3 is 2.59 bits per heavy atom. The minimum Gasteiger partial charge on any atom is -0.493 e. The number of pyridine rings is 1. The van der Waals surface area contributed by atoms with Crippen molar-refractivity contribution in [1.29, 1.82) is 0 Å². The van der Waals surface area contributed by atoms with E-state index in [2.05, 4.69) is 20.1 Å². The lowest BCUT2D eigenvalue weighted by Gasteiger charge is -2.06. The minimum absolute atomic E-state index is 0.124. The van der Waals surface area contributed by atoms with Crippen LogP contribution in [0, 0.1) is 5.82 Å². The number of nitrogens with one attached hydrogen (secondary N) is 1. The van der Waals surface area contributed by atoms with Gasteiger partial charge in [0, 0.05) is 23.6 Å². The summed E-state index contributed by atoms with van der Waals surface area (Å²) in [5.74, 6) is -0.170. The first-order valence-electron chi connectivity index (χ1n) is 10.5. The molecular weight excluding hydrogens is 457 g/mol. The normalized spacial score (nSPS) is 11.8. The van der Waals surface area contributed by atoms with Gasteiger partial charge in [0.15, 0.2) is 15.5 Å². The average Bonchev–Trinajstić information content (AvgIpc) is 3.39. The molecule has 0 aliphatic rings. The summed E-state index contributed by atoms with van der Waals surface area (Å²) in [7, 11) is -3.44. The van der Waals surface area contributed by atoms with Crippen molar-refractivity contribution in [3.8, 4) is 23.1 Å². The van der Waals surface area contributed by atoms with Gasteiger partial charge in [-0.25, -0.2) is 22.8 Å². The smallest absolute Gasteiger partial charge is 0.233 e. The number of sulfone groups is 1. The summed E-state index contributed by atoms with van der Waals surface area (Å²) in [4.78, 5) is 11.9. The third kappa shape index (κ3) is 4.15. The number of benzene rings is 2. The van der Waals surface area contributed by atoms with Crippen LogP contribution >= 0.6 is 0 Å². The van der Waals surface area contributed by atoms with Crippen LogP contribution in [0.15, 0.2) is 71.8 Å². The van der Waals surface area contributed by atoms with Gasteiger partial charge in [-0.15, -0.1) is 0 Å². The van der Waals surface area contributed by atoms with Crippen molar-refractivity contribution in [3.63, 3.8) is 0 Å². The highest BCUT2D eigenvalue weighted by atomic mass is 32.2. The molecule has 0 radical (unpaired) electrons. The molecule has 10 heteroatoms. The fourth-order valence-corrected chi connectivity index (χ4v) is 4.44. The van der Waals surface area contributed by atoms with Gasteiger partial charge in [-0.05, 0) is 54.8 Å². The van der Waals surface area contributed by atoms with Crippen LogP contribution in [0.1, 0.15) is 11.1 Å². The zero-order valence-electron chi connectivity index (χ0n) is 18.1. The molecule has 0 unspecified atom stereocenters. The molecule has 2 aromatic carbocycles. The maximum Gasteiger partial charge on any atom is 0.233 e. The van der Waals surface area contributed by atoms with Gasteiger partial charge in [0.05, 0.1) is 4.90 Å². The van der Waals surface area contributed by atoms with Crippen molar-refractivity contribution in [2.45, 2.75) is 17.7 Å². The first kappa shape index (κ1) is 21.8. The van der Waals surface area contributed by atoms with Crippen LogP contribution < -0.4 is 0 Å². The fraction of sp³-hybridized carbons (Fsp3) is 0.125. The fourth-order valence-electron chi connectivity index (χ4n) is 3.78. The molecule has 2 N–H and O–H groups in total. The number of aromatic hydroxyl groups is 1. The monoisotopic (exact) mass is 477 g/mol. The summed E-state index contributed by atoms with van der Waals surface area (Å²) in [6.07, 6.45) is 3.66. The molecule has 0 bridgehead atoms. The predicted octanol–water partition coefficient (Wildman–Crippen LogP) is 3.84. The van der Waals surface area contributed by atoms with Gasteiger partial charge < -0.3 is 10.1 Å². The maximum absolute atomic E-state index is 13.3. The van der Waals surface area contributed by atoms with Crippen LogP contribution in [0.2, 0.25) is 0 Å². The van der Waals surface area contributed by atoms with Crippen LogP contribution in [-0.2, 0) is 22.7 Å². The highest BCUT2D eigenvalue weighted by molar-refractivity contribution is 7.90. The Kier molecular flexibility index (Phi) is 5.37. The van der Waals surface area contributed by atoms with Crippen molar-refractivity contribution in [2.24, 2.45) is 0 Å². The highest BCUT2D eigenvalue weighted by Crippen LogP contribution is 2.33. The van der Waals surface area contributed by atoms with E-state index >= 15 is 0 Å². The van der Waals surface area contributed by atoms with Gasteiger partial charge in [0.2, 0.25) is 11.8 Å². The molecule has 3 aromatic heterocycles. The Morgan fingerprint density at radius 1 is 1.06 bits per heavy atom. The summed E-state index contributed by atoms with van der Waals surface area (Å²) in [6.45, 7) is 0. The van der Waals surface area contributed by atoms with Gasteiger partial charge >= 0.3 is 0 Å². The number of aromatic amines is 1. The third-order valence-electron chi connectivity index (χ3n) is 5.51. The number of H-pyrrole nitrogens is 1. The lowest BCUT2D eigenvalue weighted by Crippen LogP contribution is -1.99. The largest absolute Gasteiger partial charge is 0.493 e. The molecule has 0 saturated heterocycles. The zero-order valence-corrected chi connectivity index (χ0v) is 18.9. The molecule has 0 spiro atoms. The molecule has 5 rings (SSSR count). The molecule has 0 aliphatic carbocycles. The number of fused-ring (bicyclic) bond motifs is 1. The number of rotatable bonds is 6. The Bertz CT molecular complexity index is 1570. The number of aromatic nitrogens is 5. The van der Waals surface area contributed by atoms with E-state index in [1.165, 1.54) is 28.9 Å². The minimum atomic E-state index is -3.44. The van der Waals surface area contributed by atoms with Crippen molar-refractivity contribution < 1.29 is 17.9 Å². The molecule has 0 fully saturated rings. The Labute approximate surface area is 194 Å². The van der Waals surface area contributed by atoms with Crippen LogP contribution in [0.4, 0.5) is 4.39 Å². The van der Waals surface area contributed by atoms with Crippen LogP contribution in [0.3, 0.4) is 0 Å². The molecule has 3 heterocycles. The second-order valence-electron chi connectivity index (χ2n) is 7.92. The summed E-state index contributed by atoms with van der Waals surface area (Å²) in [5.41, 5.74) is 3.53. The maximum atomic E-state index is 13.3. The lowest BCUT2D eigenvalue weighted by atomic mass is 10.0. The summed E-state index contributed by atoms with van der Waals surface area (Å²) < 4.78 is 38.8. The first-order chi connectivity index (χ1) is 16.3. The van der Waals surface area contributed by atoms with Gasteiger partial charge in [0.1, 0.15) is 17.0 Å². The number of hydrogen-bond acceptors (Lipinski definition) is 6. The number of imidazole rings is 1. The van der Waals surface area contributed by atoms with Gasteiger partial charge in [-0.3, -0.25) is 0 Å². The van der Waals surface area contributed by atoms with E-state index in [-0.39, 0.29) is 22.5 Å². The van der Waals surface area contributed by atoms with Gasteiger partial charge in [-0.1, -0.05) is 24.3 Å². The summed E-state index contributed by atoms with van der Waals surface area (Å²) >= 11 is 0. The number of hydrogen-bond donors (Lipinski definition) is 2. The van der Waals surface area contributed by atoms with E-state index in [0.29, 0.717) is 40.8 Å². The van der Waals surface area contributed by atoms with Crippen LogP contribution in [-0.4, -0.2) is 44.5 Å². The Hall–Kier alpha value is -4.05. The van der Waals surface area contributed by atoms with Crippen LogP contribution in [0.25, 0.3) is 28.4 Å². The molecule has 0 saturated carbocycles.